The number of hydrogen-bond donors (Lipinski definition) is 2. The predicted octanol–water partition coefficient (Wildman–Crippen LogP) is 6.56. The summed E-state index contributed by atoms with van der Waals surface area (Å²) < 4.78 is 70.0. The third-order valence-corrected chi connectivity index (χ3v) is 5.81. The maximum atomic E-state index is 14.3. The van der Waals surface area contributed by atoms with Gasteiger partial charge in [0.15, 0.2) is 23.3 Å². The van der Waals surface area contributed by atoms with Crippen LogP contribution < -0.4 is 0 Å². The summed E-state index contributed by atoms with van der Waals surface area (Å²) in [6, 6.07) is 9.42. The van der Waals surface area contributed by atoms with Crippen LogP contribution in [0.4, 0.5) is 22.0 Å². The van der Waals surface area contributed by atoms with Crippen LogP contribution in [0.3, 0.4) is 0 Å². The van der Waals surface area contributed by atoms with Crippen LogP contribution in [0.15, 0.2) is 56.7 Å². The Morgan fingerprint density at radius 1 is 0.848 bits per heavy atom. The number of rotatable bonds is 6. The van der Waals surface area contributed by atoms with Gasteiger partial charge in [-0.05, 0) is 48.0 Å². The van der Waals surface area contributed by atoms with Crippen molar-refractivity contribution >= 4 is 45.5 Å². The molecule has 0 aliphatic heterocycles. The summed E-state index contributed by atoms with van der Waals surface area (Å²) in [5.74, 6) is -15.1. The number of benzene rings is 3. The lowest BCUT2D eigenvalue weighted by Crippen LogP contribution is -2.13. The number of thioether (sulfide) groups is 1. The third kappa shape index (κ3) is 5.09. The van der Waals surface area contributed by atoms with Crippen LogP contribution in [0, 0.1) is 29.1 Å². The fourth-order valence-electron chi connectivity index (χ4n) is 2.66. The molecule has 0 heterocycles. The summed E-state index contributed by atoms with van der Waals surface area (Å²) >= 11 is 3.87. The molecule has 0 unspecified atom stereocenters. The van der Waals surface area contributed by atoms with E-state index >= 15 is 0 Å². The van der Waals surface area contributed by atoms with Crippen LogP contribution in [0.1, 0.15) is 26.3 Å². The second-order valence-electron chi connectivity index (χ2n) is 6.42. The molecule has 0 aliphatic carbocycles. The first-order valence-electron chi connectivity index (χ1n) is 8.78. The molecule has 4 nitrogen and oxygen atoms in total. The molecule has 3 aromatic carbocycles. The van der Waals surface area contributed by atoms with Gasteiger partial charge in [0.2, 0.25) is 11.6 Å². The zero-order chi connectivity index (χ0) is 24.4. The minimum absolute atomic E-state index is 0.0158. The van der Waals surface area contributed by atoms with Crippen LogP contribution in [-0.2, 0) is 0 Å². The van der Waals surface area contributed by atoms with Gasteiger partial charge in [0.05, 0.1) is 4.91 Å². The van der Waals surface area contributed by atoms with Crippen molar-refractivity contribution in [3.05, 3.63) is 97.6 Å². The Kier molecular flexibility index (Phi) is 7.23. The Balaban J connectivity index is 2.19. The Labute approximate surface area is 195 Å². The summed E-state index contributed by atoms with van der Waals surface area (Å²) in [4.78, 5) is 24.1. The predicted molar refractivity (Wildman–Crippen MR) is 114 cm³/mol. The van der Waals surface area contributed by atoms with E-state index in [1.165, 1.54) is 18.2 Å². The van der Waals surface area contributed by atoms with Crippen molar-refractivity contribution in [2.75, 3.05) is 0 Å². The van der Waals surface area contributed by atoms with Crippen molar-refractivity contribution in [3.63, 3.8) is 0 Å². The van der Waals surface area contributed by atoms with E-state index in [2.05, 4.69) is 15.9 Å². The smallest absolute Gasteiger partial charge is 0.339 e. The standard InChI is InChI=1S/C22H10BrF5O4S/c23-10-2-4-11(5-3-10)33-14(8-9-1-6-13(29)12(7-9)22(31)32)21(30)15-16(24)18(26)20(28)19(27)17(15)25/h1-8,29H,(H,31,32)/b14-8+. The van der Waals surface area contributed by atoms with E-state index in [1.807, 2.05) is 0 Å². The summed E-state index contributed by atoms with van der Waals surface area (Å²) in [5.41, 5.74) is -2.16. The van der Waals surface area contributed by atoms with Crippen LogP contribution in [0.25, 0.3) is 6.08 Å². The van der Waals surface area contributed by atoms with Crippen molar-refractivity contribution in [1.82, 2.24) is 0 Å². The highest BCUT2D eigenvalue weighted by atomic mass is 79.9. The molecule has 3 rings (SSSR count). The molecular weight excluding hydrogens is 535 g/mol. The lowest BCUT2D eigenvalue weighted by Gasteiger charge is -2.11. The number of ketones is 1. The number of hydrogen-bond acceptors (Lipinski definition) is 4. The van der Waals surface area contributed by atoms with Gasteiger partial charge < -0.3 is 10.2 Å². The number of Topliss-reactive ketones (excluding diaryl/α,β-unsaturated/α-hetero) is 1. The first-order chi connectivity index (χ1) is 15.5. The number of allylic oxidation sites excluding steroid dienone is 1. The molecule has 0 saturated carbocycles. The molecular formula is C22H10BrF5O4S. The molecule has 2 N–H and O–H groups in total. The number of carboxylic acids is 1. The maximum absolute atomic E-state index is 14.3. The van der Waals surface area contributed by atoms with E-state index in [0.717, 1.165) is 18.2 Å². The summed E-state index contributed by atoms with van der Waals surface area (Å²) in [6.07, 6.45) is 1.01. The lowest BCUT2D eigenvalue weighted by atomic mass is 10.0. The van der Waals surface area contributed by atoms with Crippen molar-refractivity contribution in [2.45, 2.75) is 4.90 Å². The van der Waals surface area contributed by atoms with Gasteiger partial charge in [-0.25, -0.2) is 26.7 Å². The van der Waals surface area contributed by atoms with Gasteiger partial charge in [0.1, 0.15) is 16.9 Å². The number of carbonyl (C=O) groups excluding carboxylic acids is 1. The number of halogens is 6. The molecule has 0 fully saturated rings. The molecule has 0 bridgehead atoms. The maximum Gasteiger partial charge on any atom is 0.339 e. The molecule has 0 amide bonds. The molecule has 0 radical (unpaired) electrons. The average molecular weight is 545 g/mol. The number of carboxylic acid groups (broad SMARTS) is 1. The van der Waals surface area contributed by atoms with E-state index in [1.54, 1.807) is 12.1 Å². The van der Waals surface area contributed by atoms with Gasteiger partial charge in [0, 0.05) is 9.37 Å². The quantitative estimate of drug-likeness (QED) is 0.0917. The average Bonchev–Trinajstić information content (AvgIpc) is 2.78. The molecule has 170 valence electrons. The number of carbonyl (C=O) groups is 2. The van der Waals surface area contributed by atoms with Gasteiger partial charge in [-0.1, -0.05) is 33.8 Å². The van der Waals surface area contributed by atoms with Gasteiger partial charge in [-0.15, -0.1) is 0 Å². The number of aromatic hydroxyl groups is 1. The van der Waals surface area contributed by atoms with Gasteiger partial charge in [-0.2, -0.15) is 0 Å². The van der Waals surface area contributed by atoms with Crippen LogP contribution in [-0.4, -0.2) is 22.0 Å². The van der Waals surface area contributed by atoms with Gasteiger partial charge >= 0.3 is 5.97 Å². The van der Waals surface area contributed by atoms with E-state index in [0.29, 0.717) is 21.1 Å². The largest absolute Gasteiger partial charge is 0.507 e. The Morgan fingerprint density at radius 2 is 1.39 bits per heavy atom. The summed E-state index contributed by atoms with van der Waals surface area (Å²) in [5, 5.41) is 18.8. The minimum atomic E-state index is -2.41. The highest BCUT2D eigenvalue weighted by Crippen LogP contribution is 2.35. The third-order valence-electron chi connectivity index (χ3n) is 4.25. The second kappa shape index (κ2) is 9.75. The molecule has 33 heavy (non-hydrogen) atoms. The molecule has 0 aromatic heterocycles. The fraction of sp³-hybridized carbons (Fsp3) is 0. The fourth-order valence-corrected chi connectivity index (χ4v) is 3.84. The molecule has 0 spiro atoms. The van der Waals surface area contributed by atoms with Crippen LogP contribution in [0.5, 0.6) is 5.75 Å². The van der Waals surface area contributed by atoms with Crippen molar-refractivity contribution in [1.29, 1.82) is 0 Å². The molecule has 11 heteroatoms. The second-order valence-corrected chi connectivity index (χ2v) is 8.45. The van der Waals surface area contributed by atoms with Crippen molar-refractivity contribution in [2.24, 2.45) is 0 Å². The van der Waals surface area contributed by atoms with Gasteiger partial charge in [0.25, 0.3) is 0 Å². The summed E-state index contributed by atoms with van der Waals surface area (Å²) in [6.45, 7) is 0. The Hall–Kier alpha value is -3.18. The molecule has 0 saturated heterocycles. The topological polar surface area (TPSA) is 74.6 Å². The highest BCUT2D eigenvalue weighted by Gasteiger charge is 2.31. The zero-order valence-corrected chi connectivity index (χ0v) is 18.4. The van der Waals surface area contributed by atoms with E-state index in [-0.39, 0.29) is 5.56 Å². The van der Waals surface area contributed by atoms with E-state index in [9.17, 15) is 36.6 Å². The summed E-state index contributed by atoms with van der Waals surface area (Å²) in [7, 11) is 0. The Bertz CT molecular complexity index is 1280. The van der Waals surface area contributed by atoms with Crippen LogP contribution >= 0.6 is 27.7 Å². The lowest BCUT2D eigenvalue weighted by molar-refractivity contribution is 0.0693. The first-order valence-corrected chi connectivity index (χ1v) is 10.4. The number of aromatic carboxylic acids is 1. The van der Waals surface area contributed by atoms with Crippen molar-refractivity contribution < 1.29 is 41.8 Å². The van der Waals surface area contributed by atoms with Gasteiger partial charge in [-0.3, -0.25) is 4.79 Å². The normalized spacial score (nSPS) is 11.5. The van der Waals surface area contributed by atoms with Crippen molar-refractivity contribution in [3.8, 4) is 5.75 Å². The molecule has 0 atom stereocenters. The molecule has 0 aliphatic rings. The Morgan fingerprint density at radius 3 is 1.94 bits per heavy atom. The highest BCUT2D eigenvalue weighted by molar-refractivity contribution is 9.10. The monoisotopic (exact) mass is 544 g/mol. The van der Waals surface area contributed by atoms with Crippen LogP contribution in [0.2, 0.25) is 0 Å². The minimum Gasteiger partial charge on any atom is -0.507 e. The first kappa shape index (κ1) is 24.5. The zero-order valence-electron chi connectivity index (χ0n) is 16.0. The van der Waals surface area contributed by atoms with E-state index < -0.39 is 62.6 Å². The van der Waals surface area contributed by atoms with E-state index in [4.69, 9.17) is 5.11 Å². The number of phenols is 1. The SMILES string of the molecule is O=C(O)c1cc(/C=C(/Sc2ccc(Br)cc2)C(=O)c2c(F)c(F)c(F)c(F)c2F)ccc1O. The molecule has 3 aromatic rings.